The van der Waals surface area contributed by atoms with E-state index in [1.54, 1.807) is 23.6 Å². The average Bonchev–Trinajstić information content (AvgIpc) is 2.79. The maximum atomic E-state index is 12.2. The van der Waals surface area contributed by atoms with Gasteiger partial charge in [0.05, 0.1) is 5.75 Å². The lowest BCUT2D eigenvalue weighted by molar-refractivity contribution is -0.138. The van der Waals surface area contributed by atoms with Crippen LogP contribution in [0, 0.1) is 6.92 Å². The van der Waals surface area contributed by atoms with E-state index in [-0.39, 0.29) is 23.2 Å². The van der Waals surface area contributed by atoms with Gasteiger partial charge in [-0.1, -0.05) is 24.3 Å². The van der Waals surface area contributed by atoms with Crippen molar-refractivity contribution in [1.29, 1.82) is 0 Å². The maximum absolute atomic E-state index is 12.2. The molecule has 1 heterocycles. The molecule has 5 heteroatoms. The molecular formula is C16H22N2O2S. The van der Waals surface area contributed by atoms with Crippen LogP contribution in [0.3, 0.4) is 0 Å². The predicted octanol–water partition coefficient (Wildman–Crippen LogP) is 2.48. The molecule has 0 radical (unpaired) electrons. The van der Waals surface area contributed by atoms with Crippen LogP contribution in [0.25, 0.3) is 0 Å². The Morgan fingerprint density at radius 2 is 2.00 bits per heavy atom. The predicted molar refractivity (Wildman–Crippen MR) is 86.0 cm³/mol. The molecule has 0 saturated carbocycles. The van der Waals surface area contributed by atoms with Gasteiger partial charge in [0.2, 0.25) is 11.8 Å². The third-order valence-electron chi connectivity index (χ3n) is 3.59. The second kappa shape index (κ2) is 6.52. The molecule has 1 aliphatic heterocycles. The molecule has 21 heavy (non-hydrogen) atoms. The Hall–Kier alpha value is -1.49. The molecule has 114 valence electrons. The summed E-state index contributed by atoms with van der Waals surface area (Å²) in [7, 11) is 0. The van der Waals surface area contributed by atoms with Crippen molar-refractivity contribution in [2.24, 2.45) is 0 Å². The molecule has 1 aliphatic rings. The molecule has 1 aromatic rings. The summed E-state index contributed by atoms with van der Waals surface area (Å²) in [4.78, 5) is 26.2. The Kier molecular flexibility index (Phi) is 4.93. The van der Waals surface area contributed by atoms with E-state index in [0.29, 0.717) is 5.75 Å². The smallest absolute Gasteiger partial charge is 0.242 e. The standard InChI is InChI=1S/C16H22N2O2S/c1-10(2)17-15(20)12(4)18-14(19)9-21-16(18)13-8-6-5-7-11(13)3/h5-8,10,12,16H,9H2,1-4H3,(H,17,20)/t12-,16-/m0/s1. The lowest BCUT2D eigenvalue weighted by atomic mass is 10.1. The van der Waals surface area contributed by atoms with E-state index >= 15 is 0 Å². The van der Waals surface area contributed by atoms with E-state index in [0.717, 1.165) is 11.1 Å². The molecule has 2 rings (SSSR count). The number of rotatable bonds is 4. The van der Waals surface area contributed by atoms with Gasteiger partial charge in [0.1, 0.15) is 11.4 Å². The van der Waals surface area contributed by atoms with Crippen molar-refractivity contribution in [1.82, 2.24) is 10.2 Å². The molecule has 1 N–H and O–H groups in total. The van der Waals surface area contributed by atoms with Crippen molar-refractivity contribution < 1.29 is 9.59 Å². The van der Waals surface area contributed by atoms with Gasteiger partial charge in [-0.3, -0.25) is 9.59 Å². The molecular weight excluding hydrogens is 284 g/mol. The fraction of sp³-hybridized carbons (Fsp3) is 0.500. The van der Waals surface area contributed by atoms with Crippen LogP contribution in [0.4, 0.5) is 0 Å². The Morgan fingerprint density at radius 3 is 2.62 bits per heavy atom. The quantitative estimate of drug-likeness (QED) is 0.930. The summed E-state index contributed by atoms with van der Waals surface area (Å²) in [6.07, 6.45) is 0. The largest absolute Gasteiger partial charge is 0.352 e. The SMILES string of the molecule is Cc1ccccc1[C@@H]1SCC(=O)N1[C@@H](C)C(=O)NC(C)C. The Labute approximate surface area is 130 Å². The summed E-state index contributed by atoms with van der Waals surface area (Å²) in [5.41, 5.74) is 2.25. The Bertz CT molecular complexity index is 545. The fourth-order valence-electron chi connectivity index (χ4n) is 2.49. The van der Waals surface area contributed by atoms with Crippen LogP contribution in [0.15, 0.2) is 24.3 Å². The van der Waals surface area contributed by atoms with Crippen LogP contribution >= 0.6 is 11.8 Å². The summed E-state index contributed by atoms with van der Waals surface area (Å²) >= 11 is 1.59. The number of nitrogens with zero attached hydrogens (tertiary/aromatic N) is 1. The first-order valence-corrected chi connectivity index (χ1v) is 8.25. The van der Waals surface area contributed by atoms with Gasteiger partial charge >= 0.3 is 0 Å². The highest BCUT2D eigenvalue weighted by Crippen LogP contribution is 2.41. The van der Waals surface area contributed by atoms with Gasteiger partial charge in [-0.2, -0.15) is 0 Å². The molecule has 1 fully saturated rings. The van der Waals surface area contributed by atoms with E-state index in [9.17, 15) is 9.59 Å². The average molecular weight is 306 g/mol. The number of carbonyl (C=O) groups excluding carboxylic acids is 2. The van der Waals surface area contributed by atoms with Crippen molar-refractivity contribution >= 4 is 23.6 Å². The lowest BCUT2D eigenvalue weighted by Gasteiger charge is -2.30. The molecule has 2 atom stereocenters. The Morgan fingerprint density at radius 1 is 1.33 bits per heavy atom. The fourth-order valence-corrected chi connectivity index (χ4v) is 3.84. The maximum Gasteiger partial charge on any atom is 0.242 e. The van der Waals surface area contributed by atoms with Crippen molar-refractivity contribution in [3.05, 3.63) is 35.4 Å². The normalized spacial score (nSPS) is 20.0. The minimum absolute atomic E-state index is 0.0275. The van der Waals surface area contributed by atoms with E-state index in [1.807, 2.05) is 45.0 Å². The van der Waals surface area contributed by atoms with Crippen molar-refractivity contribution in [2.75, 3.05) is 5.75 Å². The highest BCUT2D eigenvalue weighted by atomic mass is 32.2. The Balaban J connectivity index is 2.25. The van der Waals surface area contributed by atoms with E-state index < -0.39 is 6.04 Å². The monoisotopic (exact) mass is 306 g/mol. The van der Waals surface area contributed by atoms with Gasteiger partial charge in [0, 0.05) is 6.04 Å². The van der Waals surface area contributed by atoms with Gasteiger partial charge in [0.25, 0.3) is 0 Å². The highest BCUT2D eigenvalue weighted by molar-refractivity contribution is 8.00. The summed E-state index contributed by atoms with van der Waals surface area (Å²) < 4.78 is 0. The van der Waals surface area contributed by atoms with Crippen LogP contribution in [-0.2, 0) is 9.59 Å². The van der Waals surface area contributed by atoms with Gasteiger partial charge in [-0.05, 0) is 38.8 Å². The van der Waals surface area contributed by atoms with E-state index in [4.69, 9.17) is 0 Å². The number of aryl methyl sites for hydroxylation is 1. The van der Waals surface area contributed by atoms with Crippen LogP contribution in [0.2, 0.25) is 0 Å². The number of nitrogens with one attached hydrogen (secondary N) is 1. The zero-order valence-corrected chi connectivity index (χ0v) is 13.7. The van der Waals surface area contributed by atoms with Gasteiger partial charge in [0.15, 0.2) is 0 Å². The third kappa shape index (κ3) is 3.40. The molecule has 0 bridgehead atoms. The molecule has 0 aromatic heterocycles. The molecule has 0 aliphatic carbocycles. The zero-order valence-electron chi connectivity index (χ0n) is 12.9. The number of benzene rings is 1. The van der Waals surface area contributed by atoms with Crippen LogP contribution in [0.5, 0.6) is 0 Å². The van der Waals surface area contributed by atoms with Crippen molar-refractivity contribution in [3.63, 3.8) is 0 Å². The number of hydrogen-bond acceptors (Lipinski definition) is 3. The lowest BCUT2D eigenvalue weighted by Crippen LogP contribution is -2.48. The molecule has 0 unspecified atom stereocenters. The summed E-state index contributed by atoms with van der Waals surface area (Å²) in [6.45, 7) is 7.68. The molecule has 1 aromatic carbocycles. The number of thioether (sulfide) groups is 1. The molecule has 2 amide bonds. The minimum atomic E-state index is -0.459. The second-order valence-electron chi connectivity index (χ2n) is 5.66. The molecule has 1 saturated heterocycles. The summed E-state index contributed by atoms with van der Waals surface area (Å²) in [5.74, 6) is 0.359. The molecule has 4 nitrogen and oxygen atoms in total. The number of hydrogen-bond donors (Lipinski definition) is 1. The van der Waals surface area contributed by atoms with Gasteiger partial charge in [-0.15, -0.1) is 11.8 Å². The van der Waals surface area contributed by atoms with Gasteiger partial charge in [-0.25, -0.2) is 0 Å². The summed E-state index contributed by atoms with van der Waals surface area (Å²) in [5, 5.41) is 2.81. The topological polar surface area (TPSA) is 49.4 Å². The van der Waals surface area contributed by atoms with Crippen LogP contribution in [0.1, 0.15) is 37.3 Å². The zero-order chi connectivity index (χ0) is 15.6. The molecule has 0 spiro atoms. The number of amides is 2. The van der Waals surface area contributed by atoms with Crippen LogP contribution < -0.4 is 5.32 Å². The van der Waals surface area contributed by atoms with Gasteiger partial charge < -0.3 is 10.2 Å². The van der Waals surface area contributed by atoms with E-state index in [1.165, 1.54) is 0 Å². The minimum Gasteiger partial charge on any atom is -0.352 e. The summed E-state index contributed by atoms with van der Waals surface area (Å²) in [6, 6.07) is 7.64. The second-order valence-corrected chi connectivity index (χ2v) is 6.73. The van der Waals surface area contributed by atoms with Crippen molar-refractivity contribution in [3.8, 4) is 0 Å². The third-order valence-corrected chi connectivity index (χ3v) is 4.80. The van der Waals surface area contributed by atoms with E-state index in [2.05, 4.69) is 5.32 Å². The van der Waals surface area contributed by atoms with Crippen molar-refractivity contribution in [2.45, 2.75) is 45.2 Å². The first kappa shape index (κ1) is 15.9. The first-order valence-electron chi connectivity index (χ1n) is 7.20. The van der Waals surface area contributed by atoms with Crippen LogP contribution in [-0.4, -0.2) is 34.6 Å². The number of carbonyl (C=O) groups is 2. The first-order chi connectivity index (χ1) is 9.91. The highest BCUT2D eigenvalue weighted by Gasteiger charge is 2.39.